The van der Waals surface area contributed by atoms with Crippen LogP contribution in [0.15, 0.2) is 24.3 Å². The zero-order chi connectivity index (χ0) is 15.5. The molecule has 22 heavy (non-hydrogen) atoms. The van der Waals surface area contributed by atoms with Gasteiger partial charge in [-0.2, -0.15) is 0 Å². The summed E-state index contributed by atoms with van der Waals surface area (Å²) < 4.78 is 0. The van der Waals surface area contributed by atoms with Gasteiger partial charge >= 0.3 is 0 Å². The number of hydrogen-bond acceptors (Lipinski definition) is 3. The lowest BCUT2D eigenvalue weighted by atomic mass is 10.2. The predicted octanol–water partition coefficient (Wildman–Crippen LogP) is 1.61. The van der Waals surface area contributed by atoms with Gasteiger partial charge in [-0.25, -0.2) is 0 Å². The molecule has 0 aromatic heterocycles. The number of carbonyl (C=O) groups excluding carboxylic acids is 2. The Balaban J connectivity index is 1.53. The van der Waals surface area contributed by atoms with Gasteiger partial charge in [-0.15, -0.1) is 0 Å². The van der Waals surface area contributed by atoms with Gasteiger partial charge in [0.05, 0.1) is 6.54 Å². The first-order valence-corrected chi connectivity index (χ1v) is 8.07. The third kappa shape index (κ3) is 3.35. The largest absolute Gasteiger partial charge is 0.368 e. The van der Waals surface area contributed by atoms with Crippen LogP contribution in [0.1, 0.15) is 12.8 Å². The predicted molar refractivity (Wildman–Crippen MR) is 86.1 cm³/mol. The van der Waals surface area contributed by atoms with E-state index >= 15 is 0 Å². The van der Waals surface area contributed by atoms with Crippen LogP contribution in [0.5, 0.6) is 0 Å². The first kappa shape index (κ1) is 15.2. The number of anilines is 1. The van der Waals surface area contributed by atoms with Gasteiger partial charge in [0.1, 0.15) is 0 Å². The number of carbonyl (C=O) groups is 2. The van der Waals surface area contributed by atoms with Gasteiger partial charge < -0.3 is 14.7 Å². The molecule has 5 nitrogen and oxygen atoms in total. The van der Waals surface area contributed by atoms with E-state index in [0.717, 1.165) is 30.2 Å². The fourth-order valence-corrected chi connectivity index (χ4v) is 3.21. The molecule has 2 amide bonds. The maximum atomic E-state index is 12.3. The summed E-state index contributed by atoms with van der Waals surface area (Å²) in [4.78, 5) is 29.6. The van der Waals surface area contributed by atoms with E-state index in [2.05, 4.69) is 4.90 Å². The second-order valence-corrected chi connectivity index (χ2v) is 6.20. The lowest BCUT2D eigenvalue weighted by Gasteiger charge is -2.36. The topological polar surface area (TPSA) is 43.9 Å². The highest BCUT2D eigenvalue weighted by molar-refractivity contribution is 6.30. The fraction of sp³-hybridized carbons (Fsp3) is 0.500. The monoisotopic (exact) mass is 321 g/mol. The third-order valence-electron chi connectivity index (χ3n) is 4.30. The van der Waals surface area contributed by atoms with E-state index in [-0.39, 0.29) is 18.4 Å². The maximum absolute atomic E-state index is 12.3. The molecule has 3 rings (SSSR count). The first-order chi connectivity index (χ1) is 10.6. The fourth-order valence-electron chi connectivity index (χ4n) is 3.02. The lowest BCUT2D eigenvalue weighted by Crippen LogP contribution is -2.51. The van der Waals surface area contributed by atoms with Crippen LogP contribution in [-0.4, -0.2) is 60.9 Å². The molecule has 0 atom stereocenters. The molecule has 2 aliphatic heterocycles. The number of rotatable bonds is 3. The van der Waals surface area contributed by atoms with Gasteiger partial charge in [-0.1, -0.05) is 17.7 Å². The Morgan fingerprint density at radius 3 is 2.55 bits per heavy atom. The molecule has 6 heteroatoms. The van der Waals surface area contributed by atoms with Crippen molar-refractivity contribution in [2.24, 2.45) is 0 Å². The van der Waals surface area contributed by atoms with E-state index in [9.17, 15) is 9.59 Å². The molecule has 1 aromatic carbocycles. The molecule has 0 bridgehead atoms. The van der Waals surface area contributed by atoms with Gasteiger partial charge in [-0.05, 0) is 24.6 Å². The van der Waals surface area contributed by atoms with Crippen LogP contribution in [0.2, 0.25) is 5.02 Å². The quantitative estimate of drug-likeness (QED) is 0.849. The van der Waals surface area contributed by atoms with Gasteiger partial charge in [0, 0.05) is 49.9 Å². The van der Waals surface area contributed by atoms with Crippen molar-refractivity contribution >= 4 is 29.1 Å². The van der Waals surface area contributed by atoms with Crippen molar-refractivity contribution in [3.05, 3.63) is 29.3 Å². The van der Waals surface area contributed by atoms with Crippen molar-refractivity contribution in [1.82, 2.24) is 9.80 Å². The number of nitrogens with zero attached hydrogens (tertiary/aromatic N) is 3. The Bertz CT molecular complexity index is 570. The third-order valence-corrected chi connectivity index (χ3v) is 4.54. The molecule has 118 valence electrons. The molecule has 2 aliphatic rings. The summed E-state index contributed by atoms with van der Waals surface area (Å²) in [6.45, 7) is 3.91. The van der Waals surface area contributed by atoms with Crippen molar-refractivity contribution in [3.8, 4) is 0 Å². The van der Waals surface area contributed by atoms with E-state index in [1.165, 1.54) is 0 Å². The molecule has 2 heterocycles. The number of benzene rings is 1. The van der Waals surface area contributed by atoms with Crippen molar-refractivity contribution < 1.29 is 9.59 Å². The molecule has 0 aliphatic carbocycles. The van der Waals surface area contributed by atoms with Crippen molar-refractivity contribution in [3.63, 3.8) is 0 Å². The molecule has 0 N–H and O–H groups in total. The average molecular weight is 322 g/mol. The number of amides is 2. The lowest BCUT2D eigenvalue weighted by molar-refractivity contribution is -0.138. The second-order valence-electron chi connectivity index (χ2n) is 5.77. The summed E-state index contributed by atoms with van der Waals surface area (Å²) in [5.74, 6) is 0.159. The average Bonchev–Trinajstić information content (AvgIpc) is 2.92. The van der Waals surface area contributed by atoms with Crippen LogP contribution in [0.3, 0.4) is 0 Å². The van der Waals surface area contributed by atoms with Crippen molar-refractivity contribution in [2.75, 3.05) is 44.2 Å². The second kappa shape index (κ2) is 6.57. The van der Waals surface area contributed by atoms with E-state index < -0.39 is 0 Å². The van der Waals surface area contributed by atoms with E-state index in [1.54, 1.807) is 4.90 Å². The Morgan fingerprint density at radius 2 is 1.91 bits per heavy atom. The Morgan fingerprint density at radius 1 is 1.14 bits per heavy atom. The summed E-state index contributed by atoms with van der Waals surface area (Å²) >= 11 is 6.02. The van der Waals surface area contributed by atoms with Crippen LogP contribution < -0.4 is 4.90 Å². The molecule has 0 radical (unpaired) electrons. The molecule has 0 saturated carbocycles. The first-order valence-electron chi connectivity index (χ1n) is 7.69. The zero-order valence-electron chi connectivity index (χ0n) is 12.5. The van der Waals surface area contributed by atoms with Crippen LogP contribution in [0, 0.1) is 0 Å². The van der Waals surface area contributed by atoms with E-state index in [0.29, 0.717) is 26.1 Å². The standard InChI is InChI=1S/C16H20ClN3O2/c17-13-3-1-4-14(11-13)18-7-9-19(10-8-18)16(22)12-20-6-2-5-15(20)21/h1,3-4,11H,2,5-10,12H2. The Kier molecular flexibility index (Phi) is 4.52. The minimum atomic E-state index is 0.0565. The Labute approximate surface area is 135 Å². The Hall–Kier alpha value is -1.75. The maximum Gasteiger partial charge on any atom is 0.242 e. The van der Waals surface area contributed by atoms with Crippen LogP contribution in [0.25, 0.3) is 0 Å². The summed E-state index contributed by atoms with van der Waals surface area (Å²) in [5.41, 5.74) is 1.09. The van der Waals surface area contributed by atoms with Gasteiger partial charge in [0.2, 0.25) is 11.8 Å². The van der Waals surface area contributed by atoms with Crippen LogP contribution in [0.4, 0.5) is 5.69 Å². The van der Waals surface area contributed by atoms with Crippen LogP contribution in [-0.2, 0) is 9.59 Å². The van der Waals surface area contributed by atoms with Gasteiger partial charge in [-0.3, -0.25) is 9.59 Å². The molecular weight excluding hydrogens is 302 g/mol. The molecule has 1 aromatic rings. The normalized spacial score (nSPS) is 19.0. The summed E-state index contributed by atoms with van der Waals surface area (Å²) in [6, 6.07) is 7.78. The number of likely N-dealkylation sites (tertiary alicyclic amines) is 1. The van der Waals surface area contributed by atoms with Gasteiger partial charge in [0.15, 0.2) is 0 Å². The minimum absolute atomic E-state index is 0.0565. The number of halogens is 1. The van der Waals surface area contributed by atoms with Crippen molar-refractivity contribution in [1.29, 1.82) is 0 Å². The SMILES string of the molecule is O=C(CN1CCCC1=O)N1CCN(c2cccc(Cl)c2)CC1. The minimum Gasteiger partial charge on any atom is -0.368 e. The smallest absolute Gasteiger partial charge is 0.242 e. The highest BCUT2D eigenvalue weighted by Gasteiger charge is 2.27. The number of hydrogen-bond donors (Lipinski definition) is 0. The molecular formula is C16H20ClN3O2. The summed E-state index contributed by atoms with van der Waals surface area (Å²) in [6.07, 6.45) is 1.45. The summed E-state index contributed by atoms with van der Waals surface area (Å²) in [7, 11) is 0. The highest BCUT2D eigenvalue weighted by atomic mass is 35.5. The molecule has 2 fully saturated rings. The van der Waals surface area contributed by atoms with Gasteiger partial charge in [0.25, 0.3) is 0 Å². The molecule has 0 spiro atoms. The molecule has 2 saturated heterocycles. The zero-order valence-corrected chi connectivity index (χ0v) is 13.3. The van der Waals surface area contributed by atoms with Crippen molar-refractivity contribution in [2.45, 2.75) is 12.8 Å². The molecule has 0 unspecified atom stereocenters. The highest BCUT2D eigenvalue weighted by Crippen LogP contribution is 2.21. The van der Waals surface area contributed by atoms with E-state index in [4.69, 9.17) is 11.6 Å². The summed E-state index contributed by atoms with van der Waals surface area (Å²) in [5, 5.41) is 0.726. The van der Waals surface area contributed by atoms with Crippen LogP contribution >= 0.6 is 11.6 Å². The van der Waals surface area contributed by atoms with E-state index in [1.807, 2.05) is 29.2 Å². The number of piperazine rings is 1.